The van der Waals surface area contributed by atoms with Crippen LogP contribution in [0.15, 0.2) is 33.9 Å². The monoisotopic (exact) mass is 362 g/mol. The molecule has 0 radical (unpaired) electrons. The molecule has 1 N–H and O–H groups in total. The van der Waals surface area contributed by atoms with Gasteiger partial charge in [0.15, 0.2) is 0 Å². The summed E-state index contributed by atoms with van der Waals surface area (Å²) in [6.45, 7) is 8.95. The Balaban J connectivity index is 2.35. The summed E-state index contributed by atoms with van der Waals surface area (Å²) in [6.07, 6.45) is 0. The average Bonchev–Trinajstić information content (AvgIpc) is 2.53. The molecule has 0 amide bonds. The summed E-state index contributed by atoms with van der Waals surface area (Å²) in [5, 5.41) is 9.43. The van der Waals surface area contributed by atoms with E-state index in [2.05, 4.69) is 19.6 Å². The molecule has 0 atom stereocenters. The van der Waals surface area contributed by atoms with E-state index in [1.165, 1.54) is 16.7 Å². The Morgan fingerprint density at radius 1 is 1.12 bits per heavy atom. The summed E-state index contributed by atoms with van der Waals surface area (Å²) < 4.78 is 8.16. The molecule has 0 saturated heterocycles. The van der Waals surface area contributed by atoms with Gasteiger partial charge >= 0.3 is 5.69 Å². The van der Waals surface area contributed by atoms with Crippen molar-refractivity contribution in [3.8, 4) is 17.0 Å². The number of hydrogen-bond donors (Lipinski definition) is 1. The highest BCUT2D eigenvalue weighted by atomic mass is 28.3. The number of phenolic OH excluding ortho intramolecular Hbond substituents is 1. The summed E-state index contributed by atoms with van der Waals surface area (Å²) in [5.74, 6) is 0.135. The Kier molecular flexibility index (Phi) is 5.69. The standard InChI is InChI=1S/C18H26N2O4Si/c1-13-16(14-6-8-15(21)9-7-14)19(2)18(23)20(17(13)22)12-24-10-11-25(3,4)5/h6-9,21H,10-12H2,1-5H3. The van der Waals surface area contributed by atoms with Gasteiger partial charge in [-0.05, 0) is 42.8 Å². The zero-order chi connectivity index (χ0) is 18.8. The summed E-state index contributed by atoms with van der Waals surface area (Å²) in [6, 6.07) is 7.41. The highest BCUT2D eigenvalue weighted by molar-refractivity contribution is 6.76. The number of phenols is 1. The number of aromatic nitrogens is 2. The van der Waals surface area contributed by atoms with Crippen molar-refractivity contribution in [2.75, 3.05) is 6.61 Å². The van der Waals surface area contributed by atoms with Crippen LogP contribution in [0.3, 0.4) is 0 Å². The molecule has 2 rings (SSSR count). The molecular formula is C18H26N2O4Si. The van der Waals surface area contributed by atoms with E-state index in [9.17, 15) is 14.7 Å². The first-order valence-corrected chi connectivity index (χ1v) is 12.0. The topological polar surface area (TPSA) is 73.5 Å². The van der Waals surface area contributed by atoms with E-state index in [1.807, 2.05) is 0 Å². The van der Waals surface area contributed by atoms with Crippen molar-refractivity contribution < 1.29 is 9.84 Å². The third-order valence-corrected chi connectivity index (χ3v) is 5.84. The van der Waals surface area contributed by atoms with E-state index in [1.54, 1.807) is 26.1 Å². The molecule has 1 heterocycles. The number of nitrogens with zero attached hydrogens (tertiary/aromatic N) is 2. The molecular weight excluding hydrogens is 336 g/mol. The summed E-state index contributed by atoms with van der Waals surface area (Å²) in [4.78, 5) is 25.2. The van der Waals surface area contributed by atoms with Crippen LogP contribution in [0, 0.1) is 6.92 Å². The van der Waals surface area contributed by atoms with Gasteiger partial charge in [-0.3, -0.25) is 9.36 Å². The lowest BCUT2D eigenvalue weighted by Crippen LogP contribution is -2.41. The lowest BCUT2D eigenvalue weighted by molar-refractivity contribution is 0.0805. The Bertz CT molecular complexity index is 824. The molecule has 0 fully saturated rings. The van der Waals surface area contributed by atoms with Gasteiger partial charge in [0.25, 0.3) is 5.56 Å². The maximum absolute atomic E-state index is 12.6. The molecule has 2 aromatic rings. The lowest BCUT2D eigenvalue weighted by Gasteiger charge is -2.17. The van der Waals surface area contributed by atoms with Crippen LogP contribution in [0.4, 0.5) is 0 Å². The van der Waals surface area contributed by atoms with Gasteiger partial charge in [0.1, 0.15) is 12.5 Å². The van der Waals surface area contributed by atoms with Crippen molar-refractivity contribution in [1.29, 1.82) is 0 Å². The zero-order valence-corrected chi connectivity index (χ0v) is 16.5. The van der Waals surface area contributed by atoms with E-state index < -0.39 is 13.8 Å². The zero-order valence-electron chi connectivity index (χ0n) is 15.5. The number of ether oxygens (including phenoxy) is 1. The van der Waals surface area contributed by atoms with Gasteiger partial charge in [0.05, 0.1) is 5.69 Å². The largest absolute Gasteiger partial charge is 0.508 e. The second kappa shape index (κ2) is 7.41. The van der Waals surface area contributed by atoms with E-state index in [-0.39, 0.29) is 18.0 Å². The fourth-order valence-corrected chi connectivity index (χ4v) is 3.35. The molecule has 6 nitrogen and oxygen atoms in total. The van der Waals surface area contributed by atoms with Gasteiger partial charge in [-0.25, -0.2) is 9.36 Å². The fraction of sp³-hybridized carbons (Fsp3) is 0.444. The molecule has 1 aromatic carbocycles. The average molecular weight is 363 g/mol. The first kappa shape index (κ1) is 19.2. The minimum Gasteiger partial charge on any atom is -0.508 e. The molecule has 0 aliphatic heterocycles. The summed E-state index contributed by atoms with van der Waals surface area (Å²) in [7, 11) is 0.416. The normalized spacial score (nSPS) is 11.7. The molecule has 1 aromatic heterocycles. The van der Waals surface area contributed by atoms with Crippen LogP contribution in [0.1, 0.15) is 5.56 Å². The summed E-state index contributed by atoms with van der Waals surface area (Å²) in [5.41, 5.74) is 0.972. The van der Waals surface area contributed by atoms with Crippen LogP contribution in [0.2, 0.25) is 25.7 Å². The van der Waals surface area contributed by atoms with E-state index in [0.29, 0.717) is 23.4 Å². The molecule has 25 heavy (non-hydrogen) atoms. The Hall–Kier alpha value is -2.12. The first-order chi connectivity index (χ1) is 11.6. The van der Waals surface area contributed by atoms with Crippen LogP contribution >= 0.6 is 0 Å². The van der Waals surface area contributed by atoms with Crippen LogP contribution in [0.5, 0.6) is 5.75 Å². The highest BCUT2D eigenvalue weighted by Gasteiger charge is 2.16. The van der Waals surface area contributed by atoms with Crippen molar-refractivity contribution in [2.24, 2.45) is 7.05 Å². The van der Waals surface area contributed by atoms with Gasteiger partial charge in [0.2, 0.25) is 0 Å². The van der Waals surface area contributed by atoms with E-state index >= 15 is 0 Å². The Morgan fingerprint density at radius 2 is 1.72 bits per heavy atom. The molecule has 0 spiro atoms. The maximum atomic E-state index is 12.6. The molecule has 7 heteroatoms. The maximum Gasteiger partial charge on any atom is 0.333 e. The predicted molar refractivity (Wildman–Crippen MR) is 102 cm³/mol. The van der Waals surface area contributed by atoms with Crippen LogP contribution in [-0.4, -0.2) is 28.9 Å². The van der Waals surface area contributed by atoms with E-state index in [0.717, 1.165) is 10.6 Å². The SMILES string of the molecule is Cc1c(-c2ccc(O)cc2)n(C)c(=O)n(COCC[Si](C)(C)C)c1=O. The lowest BCUT2D eigenvalue weighted by atomic mass is 10.1. The van der Waals surface area contributed by atoms with Crippen LogP contribution in [0.25, 0.3) is 11.3 Å². The van der Waals surface area contributed by atoms with Gasteiger partial charge < -0.3 is 9.84 Å². The molecule has 0 aliphatic rings. The third kappa shape index (κ3) is 4.49. The molecule has 136 valence electrons. The highest BCUT2D eigenvalue weighted by Crippen LogP contribution is 2.22. The number of hydrogen-bond acceptors (Lipinski definition) is 4. The molecule has 0 bridgehead atoms. The smallest absolute Gasteiger partial charge is 0.333 e. The Morgan fingerprint density at radius 3 is 2.28 bits per heavy atom. The Labute approximate surface area is 148 Å². The van der Waals surface area contributed by atoms with Gasteiger partial charge in [-0.1, -0.05) is 19.6 Å². The second-order valence-corrected chi connectivity index (χ2v) is 13.1. The van der Waals surface area contributed by atoms with Crippen molar-refractivity contribution >= 4 is 8.07 Å². The van der Waals surface area contributed by atoms with Crippen molar-refractivity contribution in [3.63, 3.8) is 0 Å². The second-order valence-electron chi connectivity index (χ2n) is 7.44. The van der Waals surface area contributed by atoms with Gasteiger partial charge in [-0.2, -0.15) is 0 Å². The number of rotatable bonds is 6. The van der Waals surface area contributed by atoms with Crippen LogP contribution < -0.4 is 11.2 Å². The van der Waals surface area contributed by atoms with Gasteiger partial charge in [0, 0.05) is 27.3 Å². The number of aromatic hydroxyl groups is 1. The third-order valence-electron chi connectivity index (χ3n) is 4.13. The number of benzene rings is 1. The molecule has 0 saturated carbocycles. The van der Waals surface area contributed by atoms with E-state index in [4.69, 9.17) is 4.74 Å². The van der Waals surface area contributed by atoms with Gasteiger partial charge in [-0.15, -0.1) is 0 Å². The van der Waals surface area contributed by atoms with Crippen molar-refractivity contribution in [2.45, 2.75) is 39.3 Å². The van der Waals surface area contributed by atoms with Crippen molar-refractivity contribution in [3.05, 3.63) is 50.7 Å². The predicted octanol–water partition coefficient (Wildman–Crippen LogP) is 2.54. The minimum atomic E-state index is -1.22. The quantitative estimate of drug-likeness (QED) is 0.633. The summed E-state index contributed by atoms with van der Waals surface area (Å²) >= 11 is 0. The first-order valence-electron chi connectivity index (χ1n) is 8.29. The fourth-order valence-electron chi connectivity index (χ4n) is 2.60. The molecule has 0 unspecified atom stereocenters. The molecule has 0 aliphatic carbocycles. The minimum absolute atomic E-state index is 0.0350. The van der Waals surface area contributed by atoms with Crippen molar-refractivity contribution in [1.82, 2.24) is 9.13 Å². The van der Waals surface area contributed by atoms with Crippen LogP contribution in [-0.2, 0) is 18.5 Å².